The zero-order valence-corrected chi connectivity index (χ0v) is 10.7. The molecule has 3 nitrogen and oxygen atoms in total. The highest BCUT2D eigenvalue weighted by Crippen LogP contribution is 2.21. The Balaban J connectivity index is 2.27. The predicted octanol–water partition coefficient (Wildman–Crippen LogP) is 2.74. The highest BCUT2D eigenvalue weighted by atomic mass is 19.1. The molecule has 0 spiro atoms. The molecule has 0 bridgehead atoms. The lowest BCUT2D eigenvalue weighted by atomic mass is 10.0. The van der Waals surface area contributed by atoms with Gasteiger partial charge in [0.25, 0.3) is 0 Å². The molecule has 0 saturated carbocycles. The lowest BCUT2D eigenvalue weighted by Crippen LogP contribution is -2.17. The summed E-state index contributed by atoms with van der Waals surface area (Å²) in [5.41, 5.74) is 1.96. The average molecular weight is 247 g/mol. The molecule has 4 heteroatoms. The van der Waals surface area contributed by atoms with Gasteiger partial charge in [0.1, 0.15) is 5.82 Å². The van der Waals surface area contributed by atoms with Gasteiger partial charge in [0.15, 0.2) is 0 Å². The van der Waals surface area contributed by atoms with Gasteiger partial charge in [-0.15, -0.1) is 0 Å². The van der Waals surface area contributed by atoms with Crippen molar-refractivity contribution < 1.29 is 4.39 Å². The molecule has 1 atom stereocenters. The van der Waals surface area contributed by atoms with Crippen LogP contribution in [0.25, 0.3) is 0 Å². The summed E-state index contributed by atoms with van der Waals surface area (Å²) in [6.45, 7) is 3.02. The second kappa shape index (κ2) is 5.78. The summed E-state index contributed by atoms with van der Waals surface area (Å²) >= 11 is 0. The smallest absolute Gasteiger partial charge is 0.123 e. The molecule has 1 N–H and O–H groups in total. The highest BCUT2D eigenvalue weighted by molar-refractivity contribution is 5.29. The third-order valence-electron chi connectivity index (χ3n) is 2.91. The van der Waals surface area contributed by atoms with Gasteiger partial charge in [-0.2, -0.15) is 5.10 Å². The van der Waals surface area contributed by atoms with Gasteiger partial charge < -0.3 is 5.32 Å². The van der Waals surface area contributed by atoms with Crippen molar-refractivity contribution in [2.45, 2.75) is 25.9 Å². The van der Waals surface area contributed by atoms with E-state index in [1.165, 1.54) is 6.07 Å². The summed E-state index contributed by atoms with van der Waals surface area (Å²) in [4.78, 5) is 0. The Kier molecular flexibility index (Phi) is 4.10. The number of aromatic nitrogens is 2. The first-order valence-electron chi connectivity index (χ1n) is 6.19. The van der Waals surface area contributed by atoms with Crippen LogP contribution in [0.3, 0.4) is 0 Å². The Bertz CT molecular complexity index is 507. The summed E-state index contributed by atoms with van der Waals surface area (Å²) < 4.78 is 15.2. The molecule has 2 aromatic rings. The SMILES string of the molecule is CCCn1cc(C(NC)c2cccc(F)c2)cn1. The molecule has 0 radical (unpaired) electrons. The summed E-state index contributed by atoms with van der Waals surface area (Å²) in [5.74, 6) is -0.214. The molecule has 0 aliphatic rings. The molecule has 0 saturated heterocycles. The Morgan fingerprint density at radius 3 is 2.89 bits per heavy atom. The fraction of sp³-hybridized carbons (Fsp3) is 0.357. The Hall–Kier alpha value is -1.68. The van der Waals surface area contributed by atoms with E-state index in [-0.39, 0.29) is 11.9 Å². The van der Waals surface area contributed by atoms with Crippen molar-refractivity contribution in [3.8, 4) is 0 Å². The maximum Gasteiger partial charge on any atom is 0.123 e. The zero-order chi connectivity index (χ0) is 13.0. The molecule has 1 heterocycles. The van der Waals surface area contributed by atoms with E-state index in [1.54, 1.807) is 12.1 Å². The van der Waals surface area contributed by atoms with Gasteiger partial charge in [-0.05, 0) is 31.2 Å². The maximum absolute atomic E-state index is 13.3. The number of halogens is 1. The van der Waals surface area contributed by atoms with Crippen LogP contribution in [0.2, 0.25) is 0 Å². The maximum atomic E-state index is 13.3. The molecule has 2 rings (SSSR count). The molecule has 0 aliphatic carbocycles. The fourth-order valence-electron chi connectivity index (χ4n) is 2.09. The minimum absolute atomic E-state index is 0.0219. The van der Waals surface area contributed by atoms with Gasteiger partial charge >= 0.3 is 0 Å². The monoisotopic (exact) mass is 247 g/mol. The second-order valence-electron chi connectivity index (χ2n) is 4.31. The quantitative estimate of drug-likeness (QED) is 0.880. The van der Waals surface area contributed by atoms with Gasteiger partial charge in [-0.25, -0.2) is 4.39 Å². The first-order chi connectivity index (χ1) is 8.74. The molecule has 0 amide bonds. The number of nitrogens with zero attached hydrogens (tertiary/aromatic N) is 2. The number of aryl methyl sites for hydroxylation is 1. The Morgan fingerprint density at radius 1 is 1.39 bits per heavy atom. The van der Waals surface area contributed by atoms with Crippen molar-refractivity contribution in [3.63, 3.8) is 0 Å². The third kappa shape index (κ3) is 2.76. The Morgan fingerprint density at radius 2 is 2.22 bits per heavy atom. The van der Waals surface area contributed by atoms with E-state index in [0.29, 0.717) is 0 Å². The van der Waals surface area contributed by atoms with Crippen LogP contribution in [0, 0.1) is 5.82 Å². The van der Waals surface area contributed by atoms with Gasteiger partial charge in [0, 0.05) is 18.3 Å². The number of nitrogens with one attached hydrogen (secondary N) is 1. The van der Waals surface area contributed by atoms with Crippen LogP contribution in [0.4, 0.5) is 4.39 Å². The normalized spacial score (nSPS) is 12.6. The van der Waals surface area contributed by atoms with E-state index in [1.807, 2.05) is 30.2 Å². The molecule has 1 aromatic heterocycles. The van der Waals surface area contributed by atoms with Crippen molar-refractivity contribution in [1.82, 2.24) is 15.1 Å². The molecule has 1 unspecified atom stereocenters. The zero-order valence-electron chi connectivity index (χ0n) is 10.7. The van der Waals surface area contributed by atoms with Gasteiger partial charge in [0.2, 0.25) is 0 Å². The van der Waals surface area contributed by atoms with Crippen LogP contribution in [0.1, 0.15) is 30.5 Å². The van der Waals surface area contributed by atoms with E-state index in [2.05, 4.69) is 17.3 Å². The first-order valence-corrected chi connectivity index (χ1v) is 6.19. The highest BCUT2D eigenvalue weighted by Gasteiger charge is 2.14. The summed E-state index contributed by atoms with van der Waals surface area (Å²) in [6.07, 6.45) is 4.89. The lowest BCUT2D eigenvalue weighted by molar-refractivity contribution is 0.599. The number of hydrogen-bond donors (Lipinski definition) is 1. The average Bonchev–Trinajstić information content (AvgIpc) is 2.79. The molecule has 0 aliphatic heterocycles. The molecular formula is C14H18FN3. The van der Waals surface area contributed by atoms with Crippen molar-refractivity contribution >= 4 is 0 Å². The van der Waals surface area contributed by atoms with Crippen LogP contribution < -0.4 is 5.32 Å². The van der Waals surface area contributed by atoms with Gasteiger partial charge in [0.05, 0.1) is 12.2 Å². The summed E-state index contributed by atoms with van der Waals surface area (Å²) in [6, 6.07) is 6.63. The Labute approximate surface area is 107 Å². The molecule has 0 fully saturated rings. The largest absolute Gasteiger partial charge is 0.309 e. The van der Waals surface area contributed by atoms with Gasteiger partial charge in [-0.1, -0.05) is 19.1 Å². The standard InChI is InChI=1S/C14H18FN3/c1-3-7-18-10-12(9-17-18)14(16-2)11-5-4-6-13(15)8-11/h4-6,8-10,14,16H,3,7H2,1-2H3. The number of rotatable bonds is 5. The topological polar surface area (TPSA) is 29.9 Å². The molecular weight excluding hydrogens is 229 g/mol. The summed E-state index contributed by atoms with van der Waals surface area (Å²) in [5, 5.41) is 7.50. The first kappa shape index (κ1) is 12.8. The third-order valence-corrected chi connectivity index (χ3v) is 2.91. The van der Waals surface area contributed by atoms with Crippen molar-refractivity contribution in [3.05, 3.63) is 53.6 Å². The minimum atomic E-state index is -0.214. The lowest BCUT2D eigenvalue weighted by Gasteiger charge is -2.14. The molecule has 96 valence electrons. The van der Waals surface area contributed by atoms with E-state index >= 15 is 0 Å². The van der Waals surface area contributed by atoms with E-state index in [9.17, 15) is 4.39 Å². The summed E-state index contributed by atoms with van der Waals surface area (Å²) in [7, 11) is 1.87. The predicted molar refractivity (Wildman–Crippen MR) is 69.8 cm³/mol. The van der Waals surface area contributed by atoms with E-state index < -0.39 is 0 Å². The van der Waals surface area contributed by atoms with Crippen LogP contribution in [0.5, 0.6) is 0 Å². The van der Waals surface area contributed by atoms with Crippen LogP contribution in [0.15, 0.2) is 36.7 Å². The fourth-order valence-corrected chi connectivity index (χ4v) is 2.09. The molecule has 1 aromatic carbocycles. The van der Waals surface area contributed by atoms with Crippen LogP contribution >= 0.6 is 0 Å². The van der Waals surface area contributed by atoms with Crippen LogP contribution in [-0.4, -0.2) is 16.8 Å². The molecule has 18 heavy (non-hydrogen) atoms. The minimum Gasteiger partial charge on any atom is -0.309 e. The van der Waals surface area contributed by atoms with E-state index in [4.69, 9.17) is 0 Å². The van der Waals surface area contributed by atoms with Crippen molar-refractivity contribution in [2.75, 3.05) is 7.05 Å². The van der Waals surface area contributed by atoms with Crippen molar-refractivity contribution in [2.24, 2.45) is 0 Å². The second-order valence-corrected chi connectivity index (χ2v) is 4.31. The number of hydrogen-bond acceptors (Lipinski definition) is 2. The van der Waals surface area contributed by atoms with Crippen LogP contribution in [-0.2, 0) is 6.54 Å². The van der Waals surface area contributed by atoms with Crippen molar-refractivity contribution in [1.29, 1.82) is 0 Å². The van der Waals surface area contributed by atoms with Gasteiger partial charge in [-0.3, -0.25) is 4.68 Å². The number of benzene rings is 1. The van der Waals surface area contributed by atoms with E-state index in [0.717, 1.165) is 24.1 Å².